The molecular formula is C22H26O6. The molecule has 1 N–H and O–H groups in total. The molecular weight excluding hydrogens is 360 g/mol. The van der Waals surface area contributed by atoms with Crippen molar-refractivity contribution in [3.8, 4) is 0 Å². The molecule has 4 unspecified atom stereocenters. The summed E-state index contributed by atoms with van der Waals surface area (Å²) in [6, 6.07) is 19.5. The van der Waals surface area contributed by atoms with Gasteiger partial charge in [-0.2, -0.15) is 0 Å². The van der Waals surface area contributed by atoms with Crippen molar-refractivity contribution in [2.24, 2.45) is 0 Å². The average molecular weight is 386 g/mol. The summed E-state index contributed by atoms with van der Waals surface area (Å²) in [5.41, 5.74) is 2.07. The second-order valence-electron chi connectivity index (χ2n) is 6.79. The van der Waals surface area contributed by atoms with Crippen LogP contribution in [0.15, 0.2) is 60.7 Å². The second kappa shape index (κ2) is 10.3. The van der Waals surface area contributed by atoms with E-state index < -0.39 is 24.5 Å². The van der Waals surface area contributed by atoms with E-state index in [1.165, 1.54) is 6.92 Å². The van der Waals surface area contributed by atoms with Crippen molar-refractivity contribution in [3.05, 3.63) is 71.8 Å². The Hall–Kier alpha value is -2.25. The van der Waals surface area contributed by atoms with Crippen LogP contribution in [-0.4, -0.2) is 42.3 Å². The smallest absolute Gasteiger partial charge is 0.303 e. The third-order valence-corrected chi connectivity index (χ3v) is 4.50. The standard InChI is InChI=1S/C22H26O6/c1-16(23)27-21-20(26-14-18-10-6-3-7-11-18)12-19(28-22(21)24)15-25-13-17-8-4-2-5-9-17/h2-11,19-22,24H,12-15H2,1H3. The van der Waals surface area contributed by atoms with Gasteiger partial charge in [0.15, 0.2) is 12.4 Å². The lowest BCUT2D eigenvalue weighted by atomic mass is 10.0. The summed E-state index contributed by atoms with van der Waals surface area (Å²) in [7, 11) is 0. The van der Waals surface area contributed by atoms with Gasteiger partial charge in [-0.3, -0.25) is 4.79 Å². The van der Waals surface area contributed by atoms with Crippen molar-refractivity contribution < 1.29 is 28.8 Å². The number of benzene rings is 2. The Kier molecular flexibility index (Phi) is 7.56. The number of rotatable bonds is 8. The molecule has 6 nitrogen and oxygen atoms in total. The molecule has 0 aliphatic carbocycles. The zero-order valence-corrected chi connectivity index (χ0v) is 15.9. The van der Waals surface area contributed by atoms with E-state index in [4.69, 9.17) is 18.9 Å². The van der Waals surface area contributed by atoms with E-state index >= 15 is 0 Å². The molecule has 6 heteroatoms. The van der Waals surface area contributed by atoms with Crippen LogP contribution in [-0.2, 0) is 37.0 Å². The molecule has 0 amide bonds. The first kappa shape index (κ1) is 20.5. The van der Waals surface area contributed by atoms with Gasteiger partial charge in [0.25, 0.3) is 0 Å². The molecule has 4 atom stereocenters. The Labute approximate surface area is 165 Å². The van der Waals surface area contributed by atoms with Crippen molar-refractivity contribution in [2.75, 3.05) is 6.61 Å². The van der Waals surface area contributed by atoms with Gasteiger partial charge in [-0.05, 0) is 11.1 Å². The fourth-order valence-electron chi connectivity index (χ4n) is 3.16. The van der Waals surface area contributed by atoms with Gasteiger partial charge in [-0.25, -0.2) is 0 Å². The SMILES string of the molecule is CC(=O)OC1C(O)OC(COCc2ccccc2)CC1OCc1ccccc1. The van der Waals surface area contributed by atoms with Crippen molar-refractivity contribution >= 4 is 5.97 Å². The summed E-state index contributed by atoms with van der Waals surface area (Å²) >= 11 is 0. The van der Waals surface area contributed by atoms with Crippen LogP contribution in [0, 0.1) is 0 Å². The monoisotopic (exact) mass is 386 g/mol. The highest BCUT2D eigenvalue weighted by atomic mass is 16.7. The number of ether oxygens (including phenoxy) is 4. The Morgan fingerprint density at radius 1 is 1.04 bits per heavy atom. The number of carbonyl (C=O) groups excluding carboxylic acids is 1. The highest BCUT2D eigenvalue weighted by molar-refractivity contribution is 5.66. The zero-order chi connectivity index (χ0) is 19.8. The number of carbonyl (C=O) groups is 1. The Balaban J connectivity index is 1.57. The number of aliphatic hydroxyl groups excluding tert-OH is 1. The van der Waals surface area contributed by atoms with E-state index in [2.05, 4.69) is 0 Å². The summed E-state index contributed by atoms with van der Waals surface area (Å²) < 4.78 is 22.6. The van der Waals surface area contributed by atoms with Crippen LogP contribution >= 0.6 is 0 Å². The van der Waals surface area contributed by atoms with Crippen molar-refractivity contribution in [2.45, 2.75) is 51.2 Å². The highest BCUT2D eigenvalue weighted by Gasteiger charge is 2.41. The number of esters is 1. The first-order valence-electron chi connectivity index (χ1n) is 9.40. The van der Waals surface area contributed by atoms with Crippen molar-refractivity contribution in [3.63, 3.8) is 0 Å². The molecule has 0 spiro atoms. The Morgan fingerprint density at radius 3 is 2.25 bits per heavy atom. The molecule has 28 heavy (non-hydrogen) atoms. The van der Waals surface area contributed by atoms with Crippen LogP contribution in [0.4, 0.5) is 0 Å². The quantitative estimate of drug-likeness (QED) is 0.704. The molecule has 1 aliphatic rings. The maximum Gasteiger partial charge on any atom is 0.303 e. The molecule has 0 aromatic heterocycles. The van der Waals surface area contributed by atoms with Crippen molar-refractivity contribution in [1.29, 1.82) is 0 Å². The highest BCUT2D eigenvalue weighted by Crippen LogP contribution is 2.26. The molecule has 0 bridgehead atoms. The summed E-state index contributed by atoms with van der Waals surface area (Å²) in [4.78, 5) is 11.4. The molecule has 150 valence electrons. The predicted octanol–water partition coefficient (Wildman–Crippen LogP) is 2.83. The van der Waals surface area contributed by atoms with Crippen molar-refractivity contribution in [1.82, 2.24) is 0 Å². The third kappa shape index (κ3) is 6.14. The second-order valence-corrected chi connectivity index (χ2v) is 6.79. The molecule has 2 aromatic rings. The van der Waals surface area contributed by atoms with Gasteiger partial charge in [0.05, 0.1) is 25.9 Å². The third-order valence-electron chi connectivity index (χ3n) is 4.50. The summed E-state index contributed by atoms with van der Waals surface area (Å²) in [5, 5.41) is 10.3. The van der Waals surface area contributed by atoms with E-state index in [9.17, 15) is 9.90 Å². The van der Waals surface area contributed by atoms with Crippen LogP contribution < -0.4 is 0 Å². The van der Waals surface area contributed by atoms with Crippen LogP contribution in [0.25, 0.3) is 0 Å². The fourth-order valence-corrected chi connectivity index (χ4v) is 3.16. The van der Waals surface area contributed by atoms with Gasteiger partial charge in [0.2, 0.25) is 0 Å². The van der Waals surface area contributed by atoms with Gasteiger partial charge >= 0.3 is 5.97 Å². The average Bonchev–Trinajstić information content (AvgIpc) is 2.70. The molecule has 1 fully saturated rings. The normalized spacial score (nSPS) is 24.6. The lowest BCUT2D eigenvalue weighted by Crippen LogP contribution is -2.52. The minimum atomic E-state index is -1.26. The van der Waals surface area contributed by atoms with E-state index in [0.29, 0.717) is 26.2 Å². The minimum absolute atomic E-state index is 0.309. The number of aliphatic hydroxyl groups is 1. The molecule has 1 aliphatic heterocycles. The maximum absolute atomic E-state index is 11.4. The van der Waals surface area contributed by atoms with Crippen LogP contribution in [0.1, 0.15) is 24.5 Å². The van der Waals surface area contributed by atoms with E-state index in [0.717, 1.165) is 11.1 Å². The van der Waals surface area contributed by atoms with Crippen LogP contribution in [0.5, 0.6) is 0 Å². The summed E-state index contributed by atoms with van der Waals surface area (Å²) in [6.07, 6.45) is -2.52. The van der Waals surface area contributed by atoms with Crippen LogP contribution in [0.3, 0.4) is 0 Å². The number of hydrogen-bond acceptors (Lipinski definition) is 6. The number of hydrogen-bond donors (Lipinski definition) is 1. The molecule has 2 aromatic carbocycles. The van der Waals surface area contributed by atoms with E-state index in [1.54, 1.807) is 0 Å². The van der Waals surface area contributed by atoms with Gasteiger partial charge in [-0.15, -0.1) is 0 Å². The summed E-state index contributed by atoms with van der Waals surface area (Å²) in [5.74, 6) is -0.486. The molecule has 0 saturated carbocycles. The maximum atomic E-state index is 11.4. The predicted molar refractivity (Wildman–Crippen MR) is 102 cm³/mol. The molecule has 1 saturated heterocycles. The van der Waals surface area contributed by atoms with Gasteiger partial charge in [0, 0.05) is 13.3 Å². The molecule has 1 heterocycles. The minimum Gasteiger partial charge on any atom is -0.454 e. The topological polar surface area (TPSA) is 74.2 Å². The molecule has 0 radical (unpaired) electrons. The van der Waals surface area contributed by atoms with Gasteiger partial charge in [0.1, 0.15) is 6.10 Å². The molecule has 3 rings (SSSR count). The Morgan fingerprint density at radius 2 is 1.64 bits per heavy atom. The lowest BCUT2D eigenvalue weighted by molar-refractivity contribution is -0.269. The fraction of sp³-hybridized carbons (Fsp3) is 0.409. The first-order valence-corrected chi connectivity index (χ1v) is 9.40. The van der Waals surface area contributed by atoms with Crippen LogP contribution in [0.2, 0.25) is 0 Å². The Bertz CT molecular complexity index is 720. The lowest BCUT2D eigenvalue weighted by Gasteiger charge is -2.38. The zero-order valence-electron chi connectivity index (χ0n) is 15.9. The first-order chi connectivity index (χ1) is 13.6. The summed E-state index contributed by atoms with van der Waals surface area (Å²) in [6.45, 7) is 2.42. The van der Waals surface area contributed by atoms with E-state index in [1.807, 2.05) is 60.7 Å². The van der Waals surface area contributed by atoms with E-state index in [-0.39, 0.29) is 6.10 Å². The largest absolute Gasteiger partial charge is 0.454 e. The van der Waals surface area contributed by atoms with Gasteiger partial charge < -0.3 is 24.1 Å². The van der Waals surface area contributed by atoms with Gasteiger partial charge in [-0.1, -0.05) is 60.7 Å².